The molecule has 0 spiro atoms. The van der Waals surface area contributed by atoms with Crippen molar-refractivity contribution in [3.8, 4) is 5.75 Å². The van der Waals surface area contributed by atoms with Crippen LogP contribution >= 0.6 is 23.2 Å². The fourth-order valence-corrected chi connectivity index (χ4v) is 3.76. The van der Waals surface area contributed by atoms with Crippen molar-refractivity contribution in [2.75, 3.05) is 6.61 Å². The van der Waals surface area contributed by atoms with Gasteiger partial charge < -0.3 is 20.1 Å². The standard InChI is InChI=1S/C23H24Cl2N2O4/c1-13(2)11-30-21-17(24)9-16(10-18(21)25)20-19(14(3)26-23(29)27-20)22(28)31-12-15-7-5-4-6-8-15/h4-10,13,20H,11-12H2,1-3H3,(H2,26,27,29). The van der Waals surface area contributed by atoms with Crippen molar-refractivity contribution >= 4 is 35.2 Å². The Balaban J connectivity index is 1.88. The van der Waals surface area contributed by atoms with E-state index in [1.54, 1.807) is 19.1 Å². The molecule has 164 valence electrons. The number of carbonyl (C=O) groups is 2. The Morgan fingerprint density at radius 1 is 1.13 bits per heavy atom. The fourth-order valence-electron chi connectivity index (χ4n) is 3.15. The van der Waals surface area contributed by atoms with Gasteiger partial charge >= 0.3 is 12.0 Å². The van der Waals surface area contributed by atoms with Crippen LogP contribution in [0.3, 0.4) is 0 Å². The second-order valence-electron chi connectivity index (χ2n) is 7.65. The zero-order valence-electron chi connectivity index (χ0n) is 17.5. The molecule has 1 aliphatic heterocycles. The van der Waals surface area contributed by atoms with E-state index in [1.807, 2.05) is 44.2 Å². The molecule has 0 aromatic heterocycles. The van der Waals surface area contributed by atoms with Gasteiger partial charge in [-0.1, -0.05) is 67.4 Å². The lowest BCUT2D eigenvalue weighted by Crippen LogP contribution is -2.45. The van der Waals surface area contributed by atoms with Crippen LogP contribution in [0.4, 0.5) is 4.79 Å². The molecule has 0 radical (unpaired) electrons. The number of halogens is 2. The Morgan fingerprint density at radius 3 is 2.39 bits per heavy atom. The van der Waals surface area contributed by atoms with E-state index in [-0.39, 0.29) is 12.2 Å². The molecule has 1 atom stereocenters. The predicted octanol–water partition coefficient (Wildman–Crippen LogP) is 5.40. The number of allylic oxidation sites excluding steroid dienone is 1. The van der Waals surface area contributed by atoms with Crippen molar-refractivity contribution in [1.82, 2.24) is 10.6 Å². The summed E-state index contributed by atoms with van der Waals surface area (Å²) in [7, 11) is 0. The Labute approximate surface area is 191 Å². The van der Waals surface area contributed by atoms with E-state index in [9.17, 15) is 9.59 Å². The summed E-state index contributed by atoms with van der Waals surface area (Å²) in [6.07, 6.45) is 0. The molecule has 1 aliphatic rings. The summed E-state index contributed by atoms with van der Waals surface area (Å²) in [5.41, 5.74) is 2.08. The predicted molar refractivity (Wildman–Crippen MR) is 120 cm³/mol. The van der Waals surface area contributed by atoms with Crippen LogP contribution in [0.15, 0.2) is 53.7 Å². The molecule has 0 fully saturated rings. The van der Waals surface area contributed by atoms with Crippen molar-refractivity contribution in [3.63, 3.8) is 0 Å². The van der Waals surface area contributed by atoms with Crippen LogP contribution in [-0.4, -0.2) is 18.6 Å². The second-order valence-corrected chi connectivity index (χ2v) is 8.46. The largest absolute Gasteiger partial charge is 0.490 e. The van der Waals surface area contributed by atoms with E-state index in [0.29, 0.717) is 39.6 Å². The molecule has 0 saturated carbocycles. The Hall–Kier alpha value is -2.70. The van der Waals surface area contributed by atoms with Crippen LogP contribution in [0.1, 0.15) is 37.9 Å². The lowest BCUT2D eigenvalue weighted by Gasteiger charge is -2.28. The van der Waals surface area contributed by atoms with E-state index in [4.69, 9.17) is 32.7 Å². The number of amides is 2. The molecule has 1 heterocycles. The van der Waals surface area contributed by atoms with Crippen LogP contribution in [0.2, 0.25) is 10.0 Å². The van der Waals surface area contributed by atoms with Crippen molar-refractivity contribution < 1.29 is 19.1 Å². The summed E-state index contributed by atoms with van der Waals surface area (Å²) in [4.78, 5) is 25.0. The molecule has 0 saturated heterocycles. The van der Waals surface area contributed by atoms with Gasteiger partial charge in [0.2, 0.25) is 0 Å². The lowest BCUT2D eigenvalue weighted by atomic mass is 9.95. The molecule has 2 aromatic carbocycles. The molecule has 0 bridgehead atoms. The summed E-state index contributed by atoms with van der Waals surface area (Å²) in [5.74, 6) is 0.119. The minimum absolute atomic E-state index is 0.112. The minimum atomic E-state index is -0.772. The molecule has 2 aromatic rings. The lowest BCUT2D eigenvalue weighted by molar-refractivity contribution is -0.140. The van der Waals surface area contributed by atoms with Gasteiger partial charge in [0, 0.05) is 5.70 Å². The minimum Gasteiger partial charge on any atom is -0.490 e. The summed E-state index contributed by atoms with van der Waals surface area (Å²) in [5, 5.41) is 5.96. The van der Waals surface area contributed by atoms with Crippen LogP contribution < -0.4 is 15.4 Å². The molecule has 8 heteroatoms. The van der Waals surface area contributed by atoms with Crippen LogP contribution in [0.5, 0.6) is 5.75 Å². The second kappa shape index (κ2) is 10.1. The molecule has 31 heavy (non-hydrogen) atoms. The number of esters is 1. The topological polar surface area (TPSA) is 76.7 Å². The Kier molecular flexibility index (Phi) is 7.46. The number of nitrogens with one attached hydrogen (secondary N) is 2. The van der Waals surface area contributed by atoms with Gasteiger partial charge in [0.25, 0.3) is 0 Å². The monoisotopic (exact) mass is 462 g/mol. The van der Waals surface area contributed by atoms with Crippen LogP contribution in [0.25, 0.3) is 0 Å². The maximum absolute atomic E-state index is 12.9. The first-order valence-electron chi connectivity index (χ1n) is 9.87. The first-order chi connectivity index (χ1) is 14.8. The van der Waals surface area contributed by atoms with Crippen molar-refractivity contribution in [2.24, 2.45) is 5.92 Å². The number of urea groups is 1. The van der Waals surface area contributed by atoms with E-state index < -0.39 is 18.0 Å². The highest BCUT2D eigenvalue weighted by molar-refractivity contribution is 6.37. The van der Waals surface area contributed by atoms with Gasteiger partial charge in [0.15, 0.2) is 5.75 Å². The van der Waals surface area contributed by atoms with Gasteiger partial charge in [-0.3, -0.25) is 0 Å². The first-order valence-corrected chi connectivity index (χ1v) is 10.6. The zero-order chi connectivity index (χ0) is 22.5. The van der Waals surface area contributed by atoms with Crippen molar-refractivity contribution in [1.29, 1.82) is 0 Å². The smallest absolute Gasteiger partial charge is 0.338 e. The number of ether oxygens (including phenoxy) is 2. The average molecular weight is 463 g/mol. The molecule has 6 nitrogen and oxygen atoms in total. The maximum Gasteiger partial charge on any atom is 0.338 e. The third kappa shape index (κ3) is 5.71. The highest BCUT2D eigenvalue weighted by atomic mass is 35.5. The summed E-state index contributed by atoms with van der Waals surface area (Å²) < 4.78 is 11.2. The summed E-state index contributed by atoms with van der Waals surface area (Å²) >= 11 is 12.8. The number of hydrogen-bond donors (Lipinski definition) is 2. The molecular formula is C23H24Cl2N2O4. The van der Waals surface area contributed by atoms with Gasteiger partial charge in [0.05, 0.1) is 28.3 Å². The molecule has 0 aliphatic carbocycles. The van der Waals surface area contributed by atoms with Crippen LogP contribution in [-0.2, 0) is 16.1 Å². The molecule has 2 N–H and O–H groups in total. The average Bonchev–Trinajstić information content (AvgIpc) is 2.71. The number of rotatable bonds is 7. The van der Waals surface area contributed by atoms with Gasteiger partial charge in [-0.25, -0.2) is 9.59 Å². The molecule has 3 rings (SSSR count). The van der Waals surface area contributed by atoms with E-state index in [2.05, 4.69) is 10.6 Å². The molecule has 1 unspecified atom stereocenters. The van der Waals surface area contributed by atoms with Gasteiger partial charge in [-0.05, 0) is 36.1 Å². The van der Waals surface area contributed by atoms with Crippen molar-refractivity contribution in [3.05, 3.63) is 74.9 Å². The van der Waals surface area contributed by atoms with E-state index in [0.717, 1.165) is 5.56 Å². The SMILES string of the molecule is CC1=C(C(=O)OCc2ccccc2)C(c2cc(Cl)c(OCC(C)C)c(Cl)c2)NC(=O)N1. The first kappa shape index (κ1) is 23.0. The maximum atomic E-state index is 12.9. The Bertz CT molecular complexity index is 983. The number of benzene rings is 2. The molecular weight excluding hydrogens is 439 g/mol. The summed E-state index contributed by atoms with van der Waals surface area (Å²) in [6.45, 7) is 6.25. The van der Waals surface area contributed by atoms with Crippen molar-refractivity contribution in [2.45, 2.75) is 33.4 Å². The normalized spacial score (nSPS) is 16.1. The molecule has 2 amide bonds. The Morgan fingerprint density at radius 2 is 1.77 bits per heavy atom. The quantitative estimate of drug-likeness (QED) is 0.540. The third-order valence-electron chi connectivity index (χ3n) is 4.62. The van der Waals surface area contributed by atoms with Crippen LogP contribution in [0, 0.1) is 5.92 Å². The van der Waals surface area contributed by atoms with Gasteiger partial charge in [0.1, 0.15) is 6.61 Å². The van der Waals surface area contributed by atoms with Gasteiger partial charge in [-0.15, -0.1) is 0 Å². The van der Waals surface area contributed by atoms with E-state index >= 15 is 0 Å². The highest BCUT2D eigenvalue weighted by Gasteiger charge is 2.33. The zero-order valence-corrected chi connectivity index (χ0v) is 19.0. The third-order valence-corrected chi connectivity index (χ3v) is 5.18. The van der Waals surface area contributed by atoms with Gasteiger partial charge in [-0.2, -0.15) is 0 Å². The summed E-state index contributed by atoms with van der Waals surface area (Å²) in [6, 6.07) is 11.4. The highest BCUT2D eigenvalue weighted by Crippen LogP contribution is 2.38. The number of carbonyl (C=O) groups excluding carboxylic acids is 2. The van der Waals surface area contributed by atoms with E-state index in [1.165, 1.54) is 0 Å². The fraction of sp³-hybridized carbons (Fsp3) is 0.304. The number of hydrogen-bond acceptors (Lipinski definition) is 4.